The van der Waals surface area contributed by atoms with Crippen LogP contribution < -0.4 is 20.3 Å². The van der Waals surface area contributed by atoms with Gasteiger partial charge in [-0.05, 0) is 36.6 Å². The molecule has 2 aliphatic heterocycles. The molecule has 0 bridgehead atoms. The zero-order valence-corrected chi connectivity index (χ0v) is 17.6. The van der Waals surface area contributed by atoms with Crippen molar-refractivity contribution >= 4 is 33.1 Å². The second-order valence-electron chi connectivity index (χ2n) is 7.83. The molecule has 0 saturated carbocycles. The first-order valence-electron chi connectivity index (χ1n) is 10.4. The molecule has 5 rings (SSSR count). The molecule has 8 heteroatoms. The number of pyridine rings is 1. The van der Waals surface area contributed by atoms with Crippen LogP contribution in [-0.4, -0.2) is 55.2 Å². The van der Waals surface area contributed by atoms with Crippen LogP contribution in [0.25, 0.3) is 21.5 Å². The quantitative estimate of drug-likeness (QED) is 0.635. The molecule has 156 valence electrons. The lowest BCUT2D eigenvalue weighted by molar-refractivity contribution is -0.119. The molecule has 4 heterocycles. The van der Waals surface area contributed by atoms with E-state index >= 15 is 0 Å². The molecule has 2 fully saturated rings. The second-order valence-corrected chi connectivity index (χ2v) is 8.68. The van der Waals surface area contributed by atoms with E-state index in [-0.39, 0.29) is 5.91 Å². The monoisotopic (exact) mass is 423 g/mol. The van der Waals surface area contributed by atoms with Gasteiger partial charge in [-0.3, -0.25) is 9.78 Å². The van der Waals surface area contributed by atoms with Gasteiger partial charge in [-0.1, -0.05) is 0 Å². The molecule has 0 spiro atoms. The van der Waals surface area contributed by atoms with Crippen molar-refractivity contribution in [3.8, 4) is 17.0 Å². The predicted molar refractivity (Wildman–Crippen MR) is 119 cm³/mol. The van der Waals surface area contributed by atoms with Crippen molar-refractivity contribution < 1.29 is 9.53 Å². The number of ether oxygens (including phenoxy) is 1. The number of amides is 1. The van der Waals surface area contributed by atoms with Gasteiger partial charge in [0.05, 0.1) is 39.9 Å². The Balaban J connectivity index is 1.33. The maximum Gasteiger partial charge on any atom is 0.220 e. The van der Waals surface area contributed by atoms with Gasteiger partial charge in [-0.25, -0.2) is 4.98 Å². The molecule has 30 heavy (non-hydrogen) atoms. The first kappa shape index (κ1) is 19.3. The van der Waals surface area contributed by atoms with Gasteiger partial charge >= 0.3 is 0 Å². The SMILES string of the molecule is O=C1C[C@@H](CCOc2cc(-c3ccc(N4CCNCC4)cn3)cc3ncsc23)CN1. The fourth-order valence-electron chi connectivity index (χ4n) is 4.06. The number of benzene rings is 1. The van der Waals surface area contributed by atoms with E-state index in [2.05, 4.69) is 44.8 Å². The minimum absolute atomic E-state index is 0.141. The molecule has 1 atom stereocenters. The summed E-state index contributed by atoms with van der Waals surface area (Å²) in [4.78, 5) is 23.0. The number of nitrogens with zero attached hydrogens (tertiary/aromatic N) is 3. The van der Waals surface area contributed by atoms with E-state index in [1.54, 1.807) is 11.3 Å². The summed E-state index contributed by atoms with van der Waals surface area (Å²) < 4.78 is 7.20. The number of thiazole rings is 1. The van der Waals surface area contributed by atoms with Gasteiger partial charge in [-0.15, -0.1) is 11.3 Å². The molecule has 2 N–H and O–H groups in total. The molecular weight excluding hydrogens is 398 g/mol. The molecule has 7 nitrogen and oxygen atoms in total. The summed E-state index contributed by atoms with van der Waals surface area (Å²) in [6.07, 6.45) is 3.42. The van der Waals surface area contributed by atoms with E-state index < -0.39 is 0 Å². The minimum Gasteiger partial charge on any atom is -0.492 e. The number of fused-ring (bicyclic) bond motifs is 1. The molecule has 2 aromatic heterocycles. The highest BCUT2D eigenvalue weighted by Gasteiger charge is 2.21. The summed E-state index contributed by atoms with van der Waals surface area (Å²) in [6.45, 7) is 5.37. The van der Waals surface area contributed by atoms with E-state index in [0.29, 0.717) is 18.9 Å². The number of anilines is 1. The van der Waals surface area contributed by atoms with E-state index in [9.17, 15) is 4.79 Å². The molecule has 1 amide bonds. The molecular formula is C22H25N5O2S. The lowest BCUT2D eigenvalue weighted by atomic mass is 10.1. The minimum atomic E-state index is 0.141. The highest BCUT2D eigenvalue weighted by Crippen LogP contribution is 2.34. The lowest BCUT2D eigenvalue weighted by Crippen LogP contribution is -2.43. The van der Waals surface area contributed by atoms with Crippen molar-refractivity contribution in [2.75, 3.05) is 44.2 Å². The Hall–Kier alpha value is -2.71. The van der Waals surface area contributed by atoms with Gasteiger partial charge in [0.1, 0.15) is 5.75 Å². The average molecular weight is 424 g/mol. The van der Waals surface area contributed by atoms with Crippen molar-refractivity contribution in [1.82, 2.24) is 20.6 Å². The Morgan fingerprint density at radius 1 is 1.20 bits per heavy atom. The first-order chi connectivity index (χ1) is 14.8. The maximum absolute atomic E-state index is 11.4. The van der Waals surface area contributed by atoms with Crippen LogP contribution in [-0.2, 0) is 4.79 Å². The van der Waals surface area contributed by atoms with Gasteiger partial charge in [0.15, 0.2) is 0 Å². The van der Waals surface area contributed by atoms with Gasteiger partial charge in [0, 0.05) is 44.7 Å². The summed E-state index contributed by atoms with van der Waals surface area (Å²) in [5.41, 5.74) is 5.86. The van der Waals surface area contributed by atoms with Gasteiger partial charge in [0.25, 0.3) is 0 Å². The van der Waals surface area contributed by atoms with E-state index in [1.165, 1.54) is 0 Å². The summed E-state index contributed by atoms with van der Waals surface area (Å²) in [5.74, 6) is 1.34. The fraction of sp³-hybridized carbons (Fsp3) is 0.409. The number of carbonyl (C=O) groups excluding carboxylic acids is 1. The Morgan fingerprint density at radius 3 is 2.87 bits per heavy atom. The van der Waals surface area contributed by atoms with E-state index in [0.717, 1.165) is 72.1 Å². The van der Waals surface area contributed by atoms with E-state index in [4.69, 9.17) is 9.72 Å². The number of rotatable bonds is 6. The van der Waals surface area contributed by atoms with Crippen molar-refractivity contribution in [3.63, 3.8) is 0 Å². The van der Waals surface area contributed by atoms with E-state index in [1.807, 2.05) is 11.7 Å². The normalized spacial score (nSPS) is 19.3. The van der Waals surface area contributed by atoms with Crippen molar-refractivity contribution in [2.45, 2.75) is 12.8 Å². The number of piperazine rings is 1. The summed E-state index contributed by atoms with van der Waals surface area (Å²) in [7, 11) is 0. The first-order valence-corrected chi connectivity index (χ1v) is 11.3. The summed E-state index contributed by atoms with van der Waals surface area (Å²) >= 11 is 1.59. The summed E-state index contributed by atoms with van der Waals surface area (Å²) in [5, 5.41) is 6.26. The van der Waals surface area contributed by atoms with Gasteiger partial charge < -0.3 is 20.3 Å². The maximum atomic E-state index is 11.4. The van der Waals surface area contributed by atoms with Crippen molar-refractivity contribution in [1.29, 1.82) is 0 Å². The topological polar surface area (TPSA) is 79.4 Å². The zero-order chi connectivity index (χ0) is 20.3. The van der Waals surface area contributed by atoms with Crippen LogP contribution in [0.15, 0.2) is 36.0 Å². The van der Waals surface area contributed by atoms with Crippen molar-refractivity contribution in [3.05, 3.63) is 36.0 Å². The number of carbonyl (C=O) groups is 1. The van der Waals surface area contributed by atoms with Crippen molar-refractivity contribution in [2.24, 2.45) is 5.92 Å². The highest BCUT2D eigenvalue weighted by molar-refractivity contribution is 7.17. The smallest absolute Gasteiger partial charge is 0.220 e. The number of hydrogen-bond donors (Lipinski definition) is 2. The number of hydrogen-bond acceptors (Lipinski definition) is 7. The van der Waals surface area contributed by atoms with Crippen LogP contribution in [0.5, 0.6) is 5.75 Å². The predicted octanol–water partition coefficient (Wildman–Crippen LogP) is 2.67. The Morgan fingerprint density at radius 2 is 2.10 bits per heavy atom. The molecule has 0 aliphatic carbocycles. The standard InChI is InChI=1S/C22H25N5O2S/c28-21-9-15(12-25-21)3-8-29-20-11-16(10-19-22(20)30-14-26-19)18-2-1-17(13-24-18)27-6-4-23-5-7-27/h1-2,10-11,13-15,23H,3-9,12H2,(H,25,28)/t15-/m1/s1. The third-order valence-corrected chi connectivity index (χ3v) is 6.63. The lowest BCUT2D eigenvalue weighted by Gasteiger charge is -2.29. The van der Waals surface area contributed by atoms with Crippen LogP contribution in [0, 0.1) is 5.92 Å². The second kappa shape index (κ2) is 8.57. The fourth-order valence-corrected chi connectivity index (χ4v) is 4.80. The van der Waals surface area contributed by atoms with Gasteiger partial charge in [-0.2, -0.15) is 0 Å². The molecule has 2 aliphatic rings. The van der Waals surface area contributed by atoms with Crippen LogP contribution >= 0.6 is 11.3 Å². The number of nitrogens with one attached hydrogen (secondary N) is 2. The average Bonchev–Trinajstić information content (AvgIpc) is 3.43. The molecule has 3 aromatic rings. The Bertz CT molecular complexity index is 1030. The summed E-state index contributed by atoms with van der Waals surface area (Å²) in [6, 6.07) is 8.35. The highest BCUT2D eigenvalue weighted by atomic mass is 32.1. The molecule has 2 saturated heterocycles. The van der Waals surface area contributed by atoms with Crippen LogP contribution in [0.4, 0.5) is 5.69 Å². The molecule has 0 unspecified atom stereocenters. The van der Waals surface area contributed by atoms with Gasteiger partial charge in [0.2, 0.25) is 5.91 Å². The molecule has 0 radical (unpaired) electrons. The molecule has 1 aromatic carbocycles. The van der Waals surface area contributed by atoms with Crippen LogP contribution in [0.1, 0.15) is 12.8 Å². The Labute approximate surface area is 179 Å². The number of aromatic nitrogens is 2. The third-order valence-electron chi connectivity index (χ3n) is 5.77. The zero-order valence-electron chi connectivity index (χ0n) is 16.8. The third kappa shape index (κ3) is 4.11. The van der Waals surface area contributed by atoms with Crippen LogP contribution in [0.3, 0.4) is 0 Å². The van der Waals surface area contributed by atoms with Crippen LogP contribution in [0.2, 0.25) is 0 Å². The Kier molecular flexibility index (Phi) is 5.50. The largest absolute Gasteiger partial charge is 0.492 e.